The van der Waals surface area contributed by atoms with Crippen LogP contribution in [0.15, 0.2) is 16.5 Å². The topological polar surface area (TPSA) is 70.0 Å². The molecule has 1 amide bonds. The van der Waals surface area contributed by atoms with Crippen LogP contribution in [0.1, 0.15) is 45.2 Å². The molecule has 1 N–H and O–H groups in total. The molecule has 0 fully saturated rings. The van der Waals surface area contributed by atoms with Crippen molar-refractivity contribution in [3.05, 3.63) is 23.3 Å². The van der Waals surface area contributed by atoms with Crippen LogP contribution in [-0.2, 0) is 22.2 Å². The summed E-state index contributed by atoms with van der Waals surface area (Å²) >= 11 is 0. The Morgan fingerprint density at radius 2 is 1.88 bits per heavy atom. The molecule has 0 radical (unpaired) electrons. The molecule has 0 bridgehead atoms. The van der Waals surface area contributed by atoms with Crippen molar-refractivity contribution in [3.8, 4) is 5.75 Å². The molecular weight excluding hydrogens is 369 g/mol. The van der Waals surface area contributed by atoms with Gasteiger partial charge in [0.1, 0.15) is 16.7 Å². The molecule has 1 aromatic rings. The summed E-state index contributed by atoms with van der Waals surface area (Å²) in [6.07, 6.45) is -4.16. The number of phenolic OH excluding ortho intramolecular Hbond substituents is 1. The molecule has 1 atom stereocenters. The number of carbonyl (C=O) groups excluding carboxylic acids is 1. The summed E-state index contributed by atoms with van der Waals surface area (Å²) < 4.78 is 54.2. The van der Waals surface area contributed by atoms with Crippen LogP contribution in [0, 0.1) is 0 Å². The van der Waals surface area contributed by atoms with Gasteiger partial charge < -0.3 is 10.0 Å². The molecule has 0 spiro atoms. The van der Waals surface area contributed by atoms with Gasteiger partial charge in [0.2, 0.25) is 0 Å². The molecule has 2 rings (SSSR count). The van der Waals surface area contributed by atoms with Crippen molar-refractivity contribution >= 4 is 28.3 Å². The Labute approximate surface area is 152 Å². The van der Waals surface area contributed by atoms with Crippen molar-refractivity contribution in [2.24, 2.45) is 4.40 Å². The lowest BCUT2D eigenvalue weighted by Crippen LogP contribution is -2.44. The Kier molecular flexibility index (Phi) is 5.51. The molecule has 0 saturated heterocycles. The molecule has 9 heteroatoms. The zero-order chi connectivity index (χ0) is 19.9. The summed E-state index contributed by atoms with van der Waals surface area (Å²) in [5.41, 5.74) is 0.939. The average Bonchev–Trinajstić information content (AvgIpc) is 2.50. The molecule has 1 heterocycles. The monoisotopic (exact) mass is 390 g/mol. The van der Waals surface area contributed by atoms with Gasteiger partial charge in [-0.2, -0.15) is 17.6 Å². The van der Waals surface area contributed by atoms with E-state index in [1.54, 1.807) is 20.8 Å². The Morgan fingerprint density at radius 3 is 2.42 bits per heavy atom. The summed E-state index contributed by atoms with van der Waals surface area (Å²) in [6.45, 7) is 6.66. The quantitative estimate of drug-likeness (QED) is 0.786. The molecule has 1 aliphatic heterocycles. The molecule has 0 saturated carbocycles. The van der Waals surface area contributed by atoms with Gasteiger partial charge in [0.25, 0.3) is 0 Å². The van der Waals surface area contributed by atoms with Crippen LogP contribution in [0.3, 0.4) is 0 Å². The third kappa shape index (κ3) is 4.25. The molecule has 0 aliphatic carbocycles. The van der Waals surface area contributed by atoms with Crippen molar-refractivity contribution in [1.29, 1.82) is 0 Å². The number of aromatic hydroxyl groups is 1. The Hall–Kier alpha value is -1.90. The van der Waals surface area contributed by atoms with Gasteiger partial charge >= 0.3 is 12.1 Å². The highest BCUT2D eigenvalue weighted by Crippen LogP contribution is 2.36. The van der Waals surface area contributed by atoms with E-state index in [2.05, 4.69) is 4.40 Å². The third-order valence-electron chi connectivity index (χ3n) is 3.94. The number of hydrogen-bond donors (Lipinski definition) is 1. The maximum Gasteiger partial charge on any atom is 0.471 e. The van der Waals surface area contributed by atoms with E-state index >= 15 is 0 Å². The number of halogens is 3. The number of aryl methyl sites for hydroxylation is 1. The minimum atomic E-state index is -4.98. The third-order valence-corrected chi connectivity index (χ3v) is 5.42. The fraction of sp³-hybridized carbons (Fsp3) is 0.529. The summed E-state index contributed by atoms with van der Waals surface area (Å²) in [4.78, 5) is 12.4. The van der Waals surface area contributed by atoms with E-state index in [0.29, 0.717) is 23.3 Å². The van der Waals surface area contributed by atoms with E-state index in [4.69, 9.17) is 0 Å². The van der Waals surface area contributed by atoms with Gasteiger partial charge in [-0.3, -0.25) is 4.79 Å². The predicted molar refractivity (Wildman–Crippen MR) is 94.9 cm³/mol. The molecule has 0 aromatic heterocycles. The largest absolute Gasteiger partial charge is 0.507 e. The van der Waals surface area contributed by atoms with Crippen LogP contribution in [0.2, 0.25) is 0 Å². The maximum absolute atomic E-state index is 12.9. The number of fused-ring (bicyclic) bond motifs is 1. The van der Waals surface area contributed by atoms with Crippen LogP contribution in [0.4, 0.5) is 18.9 Å². The van der Waals surface area contributed by atoms with Crippen LogP contribution < -0.4 is 4.90 Å². The summed E-state index contributed by atoms with van der Waals surface area (Å²) in [5.74, 6) is -2.11. The zero-order valence-electron chi connectivity index (χ0n) is 15.0. The molecule has 1 unspecified atom stereocenters. The highest BCUT2D eigenvalue weighted by Gasteiger charge is 2.44. The van der Waals surface area contributed by atoms with Gasteiger partial charge in [-0.05, 0) is 58.2 Å². The lowest BCUT2D eigenvalue weighted by Gasteiger charge is -2.30. The van der Waals surface area contributed by atoms with E-state index in [-0.39, 0.29) is 29.3 Å². The minimum Gasteiger partial charge on any atom is -0.507 e. The van der Waals surface area contributed by atoms with Gasteiger partial charge in [0, 0.05) is 17.8 Å². The highest BCUT2D eigenvalue weighted by molar-refractivity contribution is 7.85. The molecule has 5 nitrogen and oxygen atoms in total. The summed E-state index contributed by atoms with van der Waals surface area (Å²) in [7, 11) is -1.59. The minimum absolute atomic E-state index is 0.0559. The smallest absolute Gasteiger partial charge is 0.471 e. The van der Waals surface area contributed by atoms with Crippen molar-refractivity contribution in [1.82, 2.24) is 0 Å². The maximum atomic E-state index is 12.9. The lowest BCUT2D eigenvalue weighted by atomic mass is 9.97. The lowest BCUT2D eigenvalue weighted by molar-refractivity contribution is -0.170. The van der Waals surface area contributed by atoms with Crippen molar-refractivity contribution in [2.45, 2.75) is 51.5 Å². The predicted octanol–water partition coefficient (Wildman–Crippen LogP) is 3.50. The number of phenols is 1. The van der Waals surface area contributed by atoms with Gasteiger partial charge in [-0.25, -0.2) is 4.21 Å². The fourth-order valence-corrected chi connectivity index (χ4v) is 3.20. The van der Waals surface area contributed by atoms with E-state index < -0.39 is 27.8 Å². The summed E-state index contributed by atoms with van der Waals surface area (Å²) in [5, 5.41) is 10.2. The van der Waals surface area contributed by atoms with E-state index in [9.17, 15) is 27.3 Å². The second-order valence-corrected chi connectivity index (χ2v) is 9.00. The van der Waals surface area contributed by atoms with Crippen LogP contribution in [0.5, 0.6) is 5.75 Å². The fourth-order valence-electron chi connectivity index (χ4n) is 2.58. The first-order chi connectivity index (χ1) is 11.8. The Balaban J connectivity index is 2.51. The van der Waals surface area contributed by atoms with Gasteiger partial charge in [0.05, 0.1) is 10.5 Å². The van der Waals surface area contributed by atoms with E-state index in [0.717, 1.165) is 0 Å². The van der Waals surface area contributed by atoms with Crippen molar-refractivity contribution < 1.29 is 27.3 Å². The molecule has 26 heavy (non-hydrogen) atoms. The first-order valence-corrected chi connectivity index (χ1v) is 9.15. The Bertz CT molecular complexity index is 783. The number of alkyl halides is 3. The van der Waals surface area contributed by atoms with Crippen molar-refractivity contribution in [3.63, 3.8) is 0 Å². The SMILES string of the molecule is C/C(=N\S(=O)C(C)(C)C)c1cc2c(cc1O)CCCN2C(=O)C(F)(F)F. The van der Waals surface area contributed by atoms with Crippen molar-refractivity contribution in [2.75, 3.05) is 11.4 Å². The number of anilines is 1. The number of amides is 1. The van der Waals surface area contributed by atoms with Crippen LogP contribution >= 0.6 is 0 Å². The zero-order valence-corrected chi connectivity index (χ0v) is 15.8. The number of benzene rings is 1. The molecular formula is C17H21F3N2O3S. The number of hydrogen-bond acceptors (Lipinski definition) is 3. The van der Waals surface area contributed by atoms with E-state index in [1.807, 2.05) is 0 Å². The summed E-state index contributed by atoms with van der Waals surface area (Å²) in [6, 6.07) is 2.66. The van der Waals surface area contributed by atoms with Gasteiger partial charge in [0.15, 0.2) is 0 Å². The van der Waals surface area contributed by atoms with Crippen LogP contribution in [0.25, 0.3) is 0 Å². The van der Waals surface area contributed by atoms with Gasteiger partial charge in [-0.15, -0.1) is 0 Å². The highest BCUT2D eigenvalue weighted by atomic mass is 32.2. The number of carbonyl (C=O) groups is 1. The molecule has 1 aliphatic rings. The first kappa shape index (κ1) is 20.4. The van der Waals surface area contributed by atoms with Crippen LogP contribution in [-0.4, -0.2) is 38.4 Å². The number of rotatable bonds is 2. The normalized spacial score (nSPS) is 17.0. The van der Waals surface area contributed by atoms with Gasteiger partial charge in [-0.1, -0.05) is 0 Å². The standard InChI is InChI=1S/C17H21F3N2O3S/c1-10(21-26(25)16(2,3)4)12-9-13-11(8-14(12)23)6-5-7-22(13)15(24)17(18,19)20/h8-9,23H,5-7H2,1-4H3/b21-10+. The average molecular weight is 390 g/mol. The molecule has 144 valence electrons. The van der Waals surface area contributed by atoms with E-state index in [1.165, 1.54) is 19.1 Å². The number of nitrogens with zero attached hydrogens (tertiary/aromatic N) is 2. The second kappa shape index (κ2) is 7.02. The Morgan fingerprint density at radius 1 is 1.27 bits per heavy atom. The first-order valence-electron chi connectivity index (χ1n) is 8.04. The second-order valence-electron chi connectivity index (χ2n) is 7.09. The molecule has 1 aromatic carbocycles.